The van der Waals surface area contributed by atoms with Gasteiger partial charge < -0.3 is 42.3 Å². The third-order valence-electron chi connectivity index (χ3n) is 11.1. The first kappa shape index (κ1) is 38.5. The van der Waals surface area contributed by atoms with E-state index in [9.17, 15) is 0 Å². The quantitative estimate of drug-likeness (QED) is 0.110. The first-order valence-electron chi connectivity index (χ1n) is 18.9. The van der Waals surface area contributed by atoms with Crippen LogP contribution in [-0.2, 0) is 47.9 Å². The first-order chi connectivity index (χ1) is 25.1. The van der Waals surface area contributed by atoms with Gasteiger partial charge in [-0.05, 0) is 68.6 Å². The van der Waals surface area contributed by atoms with Crippen LogP contribution in [0.3, 0.4) is 0 Å². The molecule has 8 atom stereocenters. The van der Waals surface area contributed by atoms with Crippen molar-refractivity contribution in [1.82, 2.24) is 0 Å². The summed E-state index contributed by atoms with van der Waals surface area (Å²) in [5, 5.41) is -0.00803. The summed E-state index contributed by atoms with van der Waals surface area (Å²) in [5.41, 5.74) is 2.13. The summed E-state index contributed by atoms with van der Waals surface area (Å²) in [6, 6.07) is 31.1. The van der Waals surface area contributed by atoms with E-state index in [2.05, 4.69) is 113 Å². The molecule has 0 aromatic heterocycles. The van der Waals surface area contributed by atoms with E-state index in [0.29, 0.717) is 0 Å². The van der Waals surface area contributed by atoms with E-state index >= 15 is 0 Å². The third kappa shape index (κ3) is 8.00. The van der Waals surface area contributed by atoms with Gasteiger partial charge in [0.15, 0.2) is 32.5 Å². The van der Waals surface area contributed by atoms with Crippen molar-refractivity contribution in [2.45, 2.75) is 133 Å². The number of hydrogen-bond donors (Lipinski definition) is 0. The first-order valence-corrected chi connectivity index (χ1v) is 21.8. The molecule has 3 aromatic rings. The fourth-order valence-electron chi connectivity index (χ4n) is 7.47. The van der Waals surface area contributed by atoms with Crippen LogP contribution in [0.1, 0.15) is 65.2 Å². The van der Waals surface area contributed by atoms with Crippen LogP contribution in [0.4, 0.5) is 0 Å². The van der Waals surface area contributed by atoms with Gasteiger partial charge in [0.25, 0.3) is 0 Å². The minimum absolute atomic E-state index is 0.00803. The number of fused-ring (bicyclic) bond motifs is 3. The highest BCUT2D eigenvalue weighted by Crippen LogP contribution is 2.45. The Morgan fingerprint density at radius 3 is 1.66 bits per heavy atom. The predicted octanol–water partition coefficient (Wildman–Crippen LogP) is 8.08. The summed E-state index contributed by atoms with van der Waals surface area (Å²) in [7, 11) is -2.22. The van der Waals surface area contributed by atoms with Crippen LogP contribution in [0.15, 0.2) is 103 Å². The van der Waals surface area contributed by atoms with Crippen molar-refractivity contribution in [3.05, 3.63) is 120 Å². The lowest BCUT2D eigenvalue weighted by molar-refractivity contribution is -0.259. The van der Waals surface area contributed by atoms with Gasteiger partial charge in [0.1, 0.15) is 36.1 Å². The van der Waals surface area contributed by atoms with Crippen molar-refractivity contribution in [3.8, 4) is 0 Å². The van der Waals surface area contributed by atoms with Gasteiger partial charge in [-0.1, -0.05) is 118 Å². The summed E-state index contributed by atoms with van der Waals surface area (Å²) < 4.78 is 59.0. The molecule has 10 heteroatoms. The van der Waals surface area contributed by atoms with Gasteiger partial charge in [-0.2, -0.15) is 0 Å². The van der Waals surface area contributed by atoms with Crippen molar-refractivity contribution in [2.75, 3.05) is 13.2 Å². The molecular formula is C43H56O9Si. The Balaban J connectivity index is 1.16. The highest BCUT2D eigenvalue weighted by atomic mass is 28.4. The molecule has 4 heterocycles. The Labute approximate surface area is 315 Å². The Morgan fingerprint density at radius 2 is 1.11 bits per heavy atom. The van der Waals surface area contributed by atoms with Gasteiger partial charge in [0.05, 0.1) is 19.3 Å². The molecule has 0 aliphatic carbocycles. The van der Waals surface area contributed by atoms with Crippen LogP contribution in [-0.4, -0.2) is 82.3 Å². The minimum Gasteiger partial charge on any atom is -0.408 e. The second-order valence-electron chi connectivity index (χ2n) is 16.9. The van der Waals surface area contributed by atoms with Crippen LogP contribution >= 0.6 is 0 Å². The van der Waals surface area contributed by atoms with E-state index in [1.54, 1.807) is 0 Å². The topological polar surface area (TPSA) is 83.1 Å². The molecule has 0 spiro atoms. The lowest BCUT2D eigenvalue weighted by Crippen LogP contribution is -2.56. The Bertz CT molecular complexity index is 1590. The van der Waals surface area contributed by atoms with E-state index in [-0.39, 0.29) is 30.5 Å². The molecule has 0 unspecified atom stereocenters. The molecular weight excluding hydrogens is 689 g/mol. The lowest BCUT2D eigenvalue weighted by Gasteiger charge is -2.43. The fraction of sp³-hybridized carbons (Fsp3) is 0.535. The van der Waals surface area contributed by atoms with E-state index in [1.165, 1.54) is 0 Å². The molecule has 4 aliphatic heterocycles. The second kappa shape index (κ2) is 14.7. The van der Waals surface area contributed by atoms with Crippen molar-refractivity contribution in [1.29, 1.82) is 0 Å². The number of ether oxygens (including phenoxy) is 8. The Morgan fingerprint density at radius 1 is 0.604 bits per heavy atom. The number of benzene rings is 3. The third-order valence-corrected chi connectivity index (χ3v) is 15.5. The minimum atomic E-state index is -2.22. The highest BCUT2D eigenvalue weighted by Gasteiger charge is 2.61. The average molecular weight is 745 g/mol. The zero-order chi connectivity index (χ0) is 37.6. The van der Waals surface area contributed by atoms with Crippen molar-refractivity contribution < 1.29 is 42.3 Å². The maximum absolute atomic E-state index is 7.28. The van der Waals surface area contributed by atoms with Gasteiger partial charge >= 0.3 is 0 Å². The molecule has 7 rings (SSSR count). The smallest absolute Gasteiger partial charge is 0.193 e. The van der Waals surface area contributed by atoms with Crippen LogP contribution in [0, 0.1) is 0 Å². The van der Waals surface area contributed by atoms with Crippen molar-refractivity contribution in [2.24, 2.45) is 0 Å². The van der Waals surface area contributed by atoms with Crippen LogP contribution < -0.4 is 0 Å². The van der Waals surface area contributed by atoms with E-state index in [0.717, 1.165) is 16.7 Å². The largest absolute Gasteiger partial charge is 0.408 e. The van der Waals surface area contributed by atoms with E-state index in [4.69, 9.17) is 42.3 Å². The highest BCUT2D eigenvalue weighted by molar-refractivity contribution is 6.74. The zero-order valence-electron chi connectivity index (χ0n) is 32.5. The standard InChI is InChI=1S/C43H56O9Si/c1-40(2,3)53(8,9)52-32-25-26-35(44-27-34-36-37(49-41(4,5)48-36)38-39(47-34)51-42(6,7)50-38)46-33(32)28-45-43(29-19-13-10-14-20-29,30-21-15-11-16-22-30)31-23-17-12-18-24-31/h10-26,32-39H,27-28H2,1-9H3/t32-,33+,34+,35+,36-,37-,38+,39+/m0/s1. The zero-order valence-corrected chi connectivity index (χ0v) is 33.5. The predicted molar refractivity (Wildman–Crippen MR) is 204 cm³/mol. The van der Waals surface area contributed by atoms with Gasteiger partial charge in [0.2, 0.25) is 0 Å². The molecule has 0 bridgehead atoms. The lowest BCUT2D eigenvalue weighted by atomic mass is 9.80. The van der Waals surface area contributed by atoms with Crippen molar-refractivity contribution >= 4 is 8.32 Å². The molecule has 0 saturated carbocycles. The molecule has 53 heavy (non-hydrogen) atoms. The molecule has 0 radical (unpaired) electrons. The fourth-order valence-corrected chi connectivity index (χ4v) is 8.74. The molecule has 0 N–H and O–H groups in total. The van der Waals surface area contributed by atoms with Gasteiger partial charge in [-0.3, -0.25) is 0 Å². The summed E-state index contributed by atoms with van der Waals surface area (Å²) in [5.74, 6) is -1.61. The molecule has 4 aliphatic rings. The van der Waals surface area contributed by atoms with E-state index < -0.39 is 62.5 Å². The van der Waals surface area contributed by atoms with E-state index in [1.807, 2.05) is 52.0 Å². The Kier molecular flexibility index (Phi) is 10.7. The van der Waals surface area contributed by atoms with Crippen LogP contribution in [0.2, 0.25) is 18.1 Å². The number of hydrogen-bond acceptors (Lipinski definition) is 9. The molecule has 9 nitrogen and oxygen atoms in total. The molecule has 3 saturated heterocycles. The second-order valence-corrected chi connectivity index (χ2v) is 21.7. The normalized spacial score (nSPS) is 30.9. The maximum atomic E-state index is 7.28. The molecule has 286 valence electrons. The molecule has 3 fully saturated rings. The number of rotatable bonds is 11. The monoisotopic (exact) mass is 744 g/mol. The summed E-state index contributed by atoms with van der Waals surface area (Å²) in [6.45, 7) is 19.2. The van der Waals surface area contributed by atoms with Crippen LogP contribution in [0.25, 0.3) is 0 Å². The van der Waals surface area contributed by atoms with Gasteiger partial charge in [0, 0.05) is 0 Å². The Hall–Kier alpha value is -2.74. The van der Waals surface area contributed by atoms with Crippen molar-refractivity contribution in [3.63, 3.8) is 0 Å². The summed E-state index contributed by atoms with van der Waals surface area (Å²) >= 11 is 0. The maximum Gasteiger partial charge on any atom is 0.193 e. The SMILES string of the molecule is CC1(C)O[C@H]2[C@@H](O1)[C@@H](CO[C@H]1C=C[C@H](O[Si](C)(C)C(C)(C)C)[C@@H](COC(c3ccccc3)(c3ccccc3)c3ccccc3)O1)O[C@@H]1OC(C)(C)O[C@@H]12. The summed E-state index contributed by atoms with van der Waals surface area (Å²) in [4.78, 5) is 0. The van der Waals surface area contributed by atoms with Gasteiger partial charge in [-0.15, -0.1) is 0 Å². The average Bonchev–Trinajstić information content (AvgIpc) is 3.62. The molecule has 3 aromatic carbocycles. The molecule has 0 amide bonds. The van der Waals surface area contributed by atoms with Gasteiger partial charge in [-0.25, -0.2) is 0 Å². The summed E-state index contributed by atoms with van der Waals surface area (Å²) in [6.07, 6.45) is 0.212. The van der Waals surface area contributed by atoms with Crippen LogP contribution in [0.5, 0.6) is 0 Å².